The fourth-order valence-corrected chi connectivity index (χ4v) is 2.75. The van der Waals surface area contributed by atoms with E-state index in [0.717, 1.165) is 33.9 Å². The van der Waals surface area contributed by atoms with Crippen LogP contribution in [0.1, 0.15) is 24.4 Å². The molecule has 1 aromatic heterocycles. The van der Waals surface area contributed by atoms with Gasteiger partial charge in [-0.05, 0) is 31.5 Å². The normalized spacial score (nSPS) is 13.1. The van der Waals surface area contributed by atoms with Gasteiger partial charge in [0, 0.05) is 24.4 Å². The summed E-state index contributed by atoms with van der Waals surface area (Å²) in [5.74, 6) is 1.54. The summed E-state index contributed by atoms with van der Waals surface area (Å²) in [5, 5.41) is 0.760. The highest BCUT2D eigenvalue weighted by molar-refractivity contribution is 6.32. The van der Waals surface area contributed by atoms with Gasteiger partial charge in [-0.25, -0.2) is 4.98 Å². The molecular formula is C14H18Cl2N2O. The van der Waals surface area contributed by atoms with E-state index in [1.807, 2.05) is 19.1 Å². The number of alkyl halides is 1. The number of halogens is 2. The molecule has 1 aromatic carbocycles. The van der Waals surface area contributed by atoms with Crippen molar-refractivity contribution in [1.29, 1.82) is 0 Å². The minimum absolute atomic E-state index is 0.199. The Morgan fingerprint density at radius 2 is 2.16 bits per heavy atom. The first-order chi connectivity index (χ1) is 9.10. The number of benzene rings is 1. The number of hydrogen-bond acceptors (Lipinski definition) is 2. The van der Waals surface area contributed by atoms with Gasteiger partial charge in [0.2, 0.25) is 0 Å². The molecule has 1 heterocycles. The van der Waals surface area contributed by atoms with Crippen molar-refractivity contribution < 1.29 is 4.74 Å². The summed E-state index contributed by atoms with van der Waals surface area (Å²) >= 11 is 12.1. The standard InChI is InChI=1S/C14H18Cl2N2O/c1-9(8-19-3)18-13(6-7-15)17-12-5-4-11(16)10(2)14(12)18/h4-5,9H,6-8H2,1-3H3. The average Bonchev–Trinajstić information content (AvgIpc) is 2.74. The summed E-state index contributed by atoms with van der Waals surface area (Å²) in [5.41, 5.74) is 3.09. The van der Waals surface area contributed by atoms with Crippen LogP contribution in [0.15, 0.2) is 12.1 Å². The number of aromatic nitrogens is 2. The molecule has 0 saturated carbocycles. The zero-order chi connectivity index (χ0) is 14.0. The summed E-state index contributed by atoms with van der Waals surface area (Å²) in [6, 6.07) is 4.05. The second kappa shape index (κ2) is 6.12. The van der Waals surface area contributed by atoms with E-state index in [0.29, 0.717) is 12.5 Å². The molecule has 0 aliphatic heterocycles. The molecule has 104 valence electrons. The molecule has 0 bridgehead atoms. The highest BCUT2D eigenvalue weighted by Crippen LogP contribution is 2.29. The van der Waals surface area contributed by atoms with Crippen LogP contribution in [0.3, 0.4) is 0 Å². The van der Waals surface area contributed by atoms with Crippen molar-refractivity contribution in [3.8, 4) is 0 Å². The number of imidazole rings is 1. The Morgan fingerprint density at radius 3 is 2.79 bits per heavy atom. The number of aryl methyl sites for hydroxylation is 2. The fraction of sp³-hybridized carbons (Fsp3) is 0.500. The minimum Gasteiger partial charge on any atom is -0.383 e. The Labute approximate surface area is 123 Å². The summed E-state index contributed by atoms with van der Waals surface area (Å²) in [6.07, 6.45) is 0.737. The maximum absolute atomic E-state index is 6.23. The Hall–Kier alpha value is -0.770. The van der Waals surface area contributed by atoms with E-state index in [-0.39, 0.29) is 6.04 Å². The monoisotopic (exact) mass is 300 g/mol. The van der Waals surface area contributed by atoms with Crippen LogP contribution in [0.25, 0.3) is 11.0 Å². The van der Waals surface area contributed by atoms with Gasteiger partial charge in [0.15, 0.2) is 0 Å². The molecule has 2 rings (SSSR count). The molecule has 19 heavy (non-hydrogen) atoms. The number of hydrogen-bond donors (Lipinski definition) is 0. The molecule has 0 spiro atoms. The van der Waals surface area contributed by atoms with Crippen LogP contribution in [0, 0.1) is 6.92 Å². The Balaban J connectivity index is 2.67. The lowest BCUT2D eigenvalue weighted by atomic mass is 10.2. The van der Waals surface area contributed by atoms with E-state index < -0.39 is 0 Å². The van der Waals surface area contributed by atoms with Crippen LogP contribution in [-0.2, 0) is 11.2 Å². The van der Waals surface area contributed by atoms with Crippen molar-refractivity contribution in [3.63, 3.8) is 0 Å². The van der Waals surface area contributed by atoms with Gasteiger partial charge in [0.05, 0.1) is 23.7 Å². The van der Waals surface area contributed by atoms with E-state index >= 15 is 0 Å². The average molecular weight is 301 g/mol. The van der Waals surface area contributed by atoms with Crippen molar-refractivity contribution >= 4 is 34.2 Å². The predicted molar refractivity (Wildman–Crippen MR) is 80.5 cm³/mol. The van der Waals surface area contributed by atoms with Gasteiger partial charge >= 0.3 is 0 Å². The molecule has 5 heteroatoms. The Kier molecular flexibility index (Phi) is 4.71. The quantitative estimate of drug-likeness (QED) is 0.781. The summed E-state index contributed by atoms with van der Waals surface area (Å²) < 4.78 is 7.46. The molecule has 0 amide bonds. The topological polar surface area (TPSA) is 27.1 Å². The van der Waals surface area contributed by atoms with Gasteiger partial charge in [-0.15, -0.1) is 11.6 Å². The second-order valence-corrected chi connectivity index (χ2v) is 5.47. The maximum Gasteiger partial charge on any atom is 0.111 e. The first-order valence-electron chi connectivity index (χ1n) is 6.31. The van der Waals surface area contributed by atoms with Crippen LogP contribution in [0.4, 0.5) is 0 Å². The zero-order valence-corrected chi connectivity index (χ0v) is 12.9. The van der Waals surface area contributed by atoms with Crippen LogP contribution in [0.2, 0.25) is 5.02 Å². The minimum atomic E-state index is 0.199. The van der Waals surface area contributed by atoms with Crippen molar-refractivity contribution in [3.05, 3.63) is 28.5 Å². The summed E-state index contributed by atoms with van der Waals surface area (Å²) in [7, 11) is 1.71. The lowest BCUT2D eigenvalue weighted by Gasteiger charge is -2.17. The molecule has 0 N–H and O–H groups in total. The Bertz CT molecular complexity index is 580. The van der Waals surface area contributed by atoms with Gasteiger partial charge in [-0.3, -0.25) is 0 Å². The second-order valence-electron chi connectivity index (χ2n) is 4.68. The molecule has 2 aromatic rings. The molecule has 0 saturated heterocycles. The zero-order valence-electron chi connectivity index (χ0n) is 11.4. The van der Waals surface area contributed by atoms with Gasteiger partial charge in [0.1, 0.15) is 5.82 Å². The van der Waals surface area contributed by atoms with Gasteiger partial charge in [-0.1, -0.05) is 11.6 Å². The molecule has 0 aliphatic carbocycles. The number of methoxy groups -OCH3 is 1. The molecule has 0 radical (unpaired) electrons. The highest BCUT2D eigenvalue weighted by Gasteiger charge is 2.18. The number of nitrogens with zero attached hydrogens (tertiary/aromatic N) is 2. The molecular weight excluding hydrogens is 283 g/mol. The first-order valence-corrected chi connectivity index (χ1v) is 7.22. The van der Waals surface area contributed by atoms with E-state index in [4.69, 9.17) is 27.9 Å². The van der Waals surface area contributed by atoms with Crippen LogP contribution in [0.5, 0.6) is 0 Å². The largest absolute Gasteiger partial charge is 0.383 e. The first kappa shape index (κ1) is 14.6. The number of rotatable bonds is 5. The molecule has 1 unspecified atom stereocenters. The molecule has 1 atom stereocenters. The number of ether oxygens (including phenoxy) is 1. The molecule has 0 aliphatic rings. The van der Waals surface area contributed by atoms with Crippen molar-refractivity contribution in [1.82, 2.24) is 9.55 Å². The van der Waals surface area contributed by atoms with Gasteiger partial charge in [0.25, 0.3) is 0 Å². The van der Waals surface area contributed by atoms with Crippen molar-refractivity contribution in [2.45, 2.75) is 26.3 Å². The fourth-order valence-electron chi connectivity index (χ4n) is 2.43. The van der Waals surface area contributed by atoms with Crippen LogP contribution in [-0.4, -0.2) is 29.1 Å². The van der Waals surface area contributed by atoms with Crippen LogP contribution >= 0.6 is 23.2 Å². The van der Waals surface area contributed by atoms with Gasteiger partial charge < -0.3 is 9.30 Å². The SMILES string of the molecule is COCC(C)n1c(CCCl)nc2ccc(Cl)c(C)c21. The third kappa shape index (κ3) is 2.73. The Morgan fingerprint density at radius 1 is 1.42 bits per heavy atom. The smallest absolute Gasteiger partial charge is 0.111 e. The molecule has 3 nitrogen and oxygen atoms in total. The van der Waals surface area contributed by atoms with Gasteiger partial charge in [-0.2, -0.15) is 0 Å². The third-order valence-electron chi connectivity index (χ3n) is 3.28. The van der Waals surface area contributed by atoms with E-state index in [9.17, 15) is 0 Å². The van der Waals surface area contributed by atoms with Crippen molar-refractivity contribution in [2.75, 3.05) is 19.6 Å². The van der Waals surface area contributed by atoms with Crippen LogP contribution < -0.4 is 0 Å². The lowest BCUT2D eigenvalue weighted by molar-refractivity contribution is 0.162. The van der Waals surface area contributed by atoms with E-state index in [2.05, 4.69) is 16.5 Å². The highest BCUT2D eigenvalue weighted by atomic mass is 35.5. The lowest BCUT2D eigenvalue weighted by Crippen LogP contribution is -2.15. The summed E-state index contributed by atoms with van der Waals surface area (Å²) in [6.45, 7) is 4.77. The van der Waals surface area contributed by atoms with E-state index in [1.54, 1.807) is 7.11 Å². The maximum atomic E-state index is 6.23. The number of fused-ring (bicyclic) bond motifs is 1. The summed E-state index contributed by atoms with van der Waals surface area (Å²) in [4.78, 5) is 4.67. The predicted octanol–water partition coefficient (Wildman–Crippen LogP) is 3.99. The molecule has 0 fully saturated rings. The third-order valence-corrected chi connectivity index (χ3v) is 3.88. The van der Waals surface area contributed by atoms with Crippen molar-refractivity contribution in [2.24, 2.45) is 0 Å². The van der Waals surface area contributed by atoms with E-state index in [1.165, 1.54) is 0 Å².